The molecule has 2 rings (SSSR count). The average Bonchev–Trinajstić information content (AvgIpc) is 2.59. The molecule has 5 nitrogen and oxygen atoms in total. The van der Waals surface area contributed by atoms with Crippen LogP contribution in [-0.2, 0) is 4.79 Å². The van der Waals surface area contributed by atoms with Gasteiger partial charge in [0.15, 0.2) is 0 Å². The van der Waals surface area contributed by atoms with Gasteiger partial charge in [0.2, 0.25) is 0 Å². The standard InChI is InChI=1S/C18H25NO4/c1-2-3-4-13-23-16-7-5-14(6-8-16)17(20)19-11-9-15(10-12-19)18(21)22/h5-8,15H,2-4,9-13H2,1H3,(H,21,22). The molecule has 1 saturated heterocycles. The lowest BCUT2D eigenvalue weighted by atomic mass is 9.96. The largest absolute Gasteiger partial charge is 0.494 e. The molecule has 1 aromatic carbocycles. The fraction of sp³-hybridized carbons (Fsp3) is 0.556. The molecule has 0 aromatic heterocycles. The van der Waals surface area contributed by atoms with Crippen LogP contribution >= 0.6 is 0 Å². The van der Waals surface area contributed by atoms with Crippen molar-refractivity contribution in [2.24, 2.45) is 5.92 Å². The van der Waals surface area contributed by atoms with Crippen LogP contribution in [0.2, 0.25) is 0 Å². The van der Waals surface area contributed by atoms with Crippen LogP contribution in [0.3, 0.4) is 0 Å². The molecule has 0 atom stereocenters. The lowest BCUT2D eigenvalue weighted by Gasteiger charge is -2.30. The minimum absolute atomic E-state index is 0.0358. The van der Waals surface area contributed by atoms with Gasteiger partial charge in [-0.3, -0.25) is 9.59 Å². The molecule has 0 unspecified atom stereocenters. The van der Waals surface area contributed by atoms with Gasteiger partial charge in [-0.15, -0.1) is 0 Å². The van der Waals surface area contributed by atoms with E-state index in [-0.39, 0.29) is 11.8 Å². The fourth-order valence-electron chi connectivity index (χ4n) is 2.75. The number of benzene rings is 1. The molecule has 0 bridgehead atoms. The van der Waals surface area contributed by atoms with E-state index in [9.17, 15) is 9.59 Å². The summed E-state index contributed by atoms with van der Waals surface area (Å²) in [6, 6.07) is 7.20. The molecule has 0 aliphatic carbocycles. The van der Waals surface area contributed by atoms with Crippen molar-refractivity contribution >= 4 is 11.9 Å². The first kappa shape index (κ1) is 17.3. The molecular weight excluding hydrogens is 294 g/mol. The van der Waals surface area contributed by atoms with Crippen molar-refractivity contribution in [3.63, 3.8) is 0 Å². The second kappa shape index (κ2) is 8.56. The second-order valence-electron chi connectivity index (χ2n) is 5.98. The third-order valence-corrected chi connectivity index (χ3v) is 4.25. The number of unbranched alkanes of at least 4 members (excludes halogenated alkanes) is 2. The predicted octanol–water partition coefficient (Wildman–Crippen LogP) is 3.19. The van der Waals surface area contributed by atoms with Crippen molar-refractivity contribution in [3.8, 4) is 5.75 Å². The summed E-state index contributed by atoms with van der Waals surface area (Å²) in [6.07, 6.45) is 4.41. The quantitative estimate of drug-likeness (QED) is 0.784. The lowest BCUT2D eigenvalue weighted by Crippen LogP contribution is -2.40. The summed E-state index contributed by atoms with van der Waals surface area (Å²) >= 11 is 0. The summed E-state index contributed by atoms with van der Waals surface area (Å²) in [5.41, 5.74) is 0.625. The third-order valence-electron chi connectivity index (χ3n) is 4.25. The maximum Gasteiger partial charge on any atom is 0.306 e. The molecule has 0 radical (unpaired) electrons. The lowest BCUT2D eigenvalue weighted by molar-refractivity contribution is -0.143. The van der Waals surface area contributed by atoms with Gasteiger partial charge in [0.25, 0.3) is 5.91 Å². The van der Waals surface area contributed by atoms with E-state index in [1.807, 2.05) is 12.1 Å². The van der Waals surface area contributed by atoms with Crippen molar-refractivity contribution in [2.45, 2.75) is 39.0 Å². The number of carboxylic acid groups (broad SMARTS) is 1. The summed E-state index contributed by atoms with van der Waals surface area (Å²) in [5.74, 6) is -0.340. The Labute approximate surface area is 137 Å². The van der Waals surface area contributed by atoms with E-state index in [4.69, 9.17) is 9.84 Å². The van der Waals surface area contributed by atoms with E-state index in [0.717, 1.165) is 25.0 Å². The topological polar surface area (TPSA) is 66.8 Å². The molecule has 1 N–H and O–H groups in total. The van der Waals surface area contributed by atoms with Crippen LogP contribution in [0.5, 0.6) is 5.75 Å². The van der Waals surface area contributed by atoms with E-state index in [1.54, 1.807) is 17.0 Å². The van der Waals surface area contributed by atoms with E-state index in [0.29, 0.717) is 38.1 Å². The highest BCUT2D eigenvalue weighted by molar-refractivity contribution is 5.94. The Bertz CT molecular complexity index is 518. The van der Waals surface area contributed by atoms with Crippen LogP contribution in [0.15, 0.2) is 24.3 Å². The fourth-order valence-corrected chi connectivity index (χ4v) is 2.75. The van der Waals surface area contributed by atoms with Gasteiger partial charge in [-0.05, 0) is 43.5 Å². The van der Waals surface area contributed by atoms with Crippen molar-refractivity contribution in [2.75, 3.05) is 19.7 Å². The van der Waals surface area contributed by atoms with E-state index in [2.05, 4.69) is 6.92 Å². The number of likely N-dealkylation sites (tertiary alicyclic amines) is 1. The van der Waals surface area contributed by atoms with Crippen LogP contribution in [0.4, 0.5) is 0 Å². The normalized spacial score (nSPS) is 15.4. The summed E-state index contributed by atoms with van der Waals surface area (Å²) in [7, 11) is 0. The van der Waals surface area contributed by atoms with E-state index < -0.39 is 5.97 Å². The Morgan fingerprint density at radius 1 is 1.17 bits per heavy atom. The van der Waals surface area contributed by atoms with E-state index >= 15 is 0 Å². The van der Waals surface area contributed by atoms with Crippen LogP contribution < -0.4 is 4.74 Å². The molecule has 1 aromatic rings. The number of amides is 1. The summed E-state index contributed by atoms with van der Waals surface area (Å²) in [6.45, 7) is 3.86. The molecule has 5 heteroatoms. The highest BCUT2D eigenvalue weighted by Crippen LogP contribution is 2.20. The van der Waals surface area contributed by atoms with Gasteiger partial charge in [0.05, 0.1) is 12.5 Å². The van der Waals surface area contributed by atoms with Gasteiger partial charge in [0, 0.05) is 18.7 Å². The number of carbonyl (C=O) groups excluding carboxylic acids is 1. The third kappa shape index (κ3) is 4.98. The monoisotopic (exact) mass is 319 g/mol. The molecule has 0 saturated carbocycles. The minimum Gasteiger partial charge on any atom is -0.494 e. The molecular formula is C18H25NO4. The van der Waals surface area contributed by atoms with Crippen molar-refractivity contribution < 1.29 is 19.4 Å². The number of hydrogen-bond acceptors (Lipinski definition) is 3. The van der Waals surface area contributed by atoms with Gasteiger partial charge in [0.1, 0.15) is 5.75 Å². The Kier molecular flexibility index (Phi) is 6.44. The van der Waals surface area contributed by atoms with Gasteiger partial charge in [-0.1, -0.05) is 19.8 Å². The van der Waals surface area contributed by atoms with Gasteiger partial charge < -0.3 is 14.7 Å². The first-order valence-electron chi connectivity index (χ1n) is 8.36. The van der Waals surface area contributed by atoms with Crippen molar-refractivity contribution in [1.82, 2.24) is 4.90 Å². The molecule has 1 amide bonds. The molecule has 126 valence electrons. The molecule has 1 aliphatic heterocycles. The number of nitrogens with zero attached hydrogens (tertiary/aromatic N) is 1. The second-order valence-corrected chi connectivity index (χ2v) is 5.98. The number of carbonyl (C=O) groups is 2. The highest BCUT2D eigenvalue weighted by atomic mass is 16.5. The number of piperidine rings is 1. The summed E-state index contributed by atoms with van der Waals surface area (Å²) in [4.78, 5) is 25.1. The van der Waals surface area contributed by atoms with Crippen LogP contribution in [0.25, 0.3) is 0 Å². The summed E-state index contributed by atoms with van der Waals surface area (Å²) < 4.78 is 5.64. The molecule has 1 aliphatic rings. The maximum absolute atomic E-state index is 12.4. The average molecular weight is 319 g/mol. The van der Waals surface area contributed by atoms with Crippen molar-refractivity contribution in [3.05, 3.63) is 29.8 Å². The van der Waals surface area contributed by atoms with Crippen LogP contribution in [0, 0.1) is 5.92 Å². The minimum atomic E-state index is -0.762. The summed E-state index contributed by atoms with van der Waals surface area (Å²) in [5, 5.41) is 9.00. The number of aliphatic carboxylic acids is 1. The van der Waals surface area contributed by atoms with Crippen LogP contribution in [0.1, 0.15) is 49.4 Å². The zero-order valence-electron chi connectivity index (χ0n) is 13.7. The Morgan fingerprint density at radius 2 is 1.83 bits per heavy atom. The zero-order chi connectivity index (χ0) is 16.7. The smallest absolute Gasteiger partial charge is 0.306 e. The van der Waals surface area contributed by atoms with E-state index in [1.165, 1.54) is 0 Å². The van der Waals surface area contributed by atoms with Gasteiger partial charge >= 0.3 is 5.97 Å². The van der Waals surface area contributed by atoms with Gasteiger partial charge in [-0.2, -0.15) is 0 Å². The molecule has 1 fully saturated rings. The SMILES string of the molecule is CCCCCOc1ccc(C(=O)N2CCC(C(=O)O)CC2)cc1. The Hall–Kier alpha value is -2.04. The maximum atomic E-state index is 12.4. The van der Waals surface area contributed by atoms with Gasteiger partial charge in [-0.25, -0.2) is 0 Å². The molecule has 23 heavy (non-hydrogen) atoms. The van der Waals surface area contributed by atoms with Crippen LogP contribution in [-0.4, -0.2) is 41.6 Å². The molecule has 1 heterocycles. The Balaban J connectivity index is 1.84. The number of ether oxygens (including phenoxy) is 1. The number of rotatable bonds is 7. The van der Waals surface area contributed by atoms with Crippen molar-refractivity contribution in [1.29, 1.82) is 0 Å². The number of carboxylic acids is 1. The zero-order valence-corrected chi connectivity index (χ0v) is 13.7. The highest BCUT2D eigenvalue weighted by Gasteiger charge is 2.27. The number of hydrogen-bond donors (Lipinski definition) is 1. The molecule has 0 spiro atoms. The predicted molar refractivity (Wildman–Crippen MR) is 87.7 cm³/mol. The first-order valence-corrected chi connectivity index (χ1v) is 8.36. The first-order chi connectivity index (χ1) is 11.1. The Morgan fingerprint density at radius 3 is 2.39 bits per heavy atom.